The number of rotatable bonds is 2. The number of aromatic hydroxyl groups is 4. The summed E-state index contributed by atoms with van der Waals surface area (Å²) in [5.41, 5.74) is 0.553. The molecule has 0 aromatic heterocycles. The molecule has 2 aromatic carbocycles. The second-order valence-electron chi connectivity index (χ2n) is 7.99. The summed E-state index contributed by atoms with van der Waals surface area (Å²) in [7, 11) is 0. The lowest BCUT2D eigenvalue weighted by atomic mass is 9.88. The Morgan fingerprint density at radius 2 is 1.53 bits per heavy atom. The SMILES string of the molecule is OC[C@H]1O[C@H]2O[C@@H]3[C@@H](c4ccc(O)c(O)c4)Oc4cc(O)cc(O)c4[C@@H]3O[C@@H]2[C@@H](O)[C@@H]1O. The molecule has 172 valence electrons. The van der Waals surface area contributed by atoms with Crippen molar-refractivity contribution in [1.82, 2.24) is 0 Å². The van der Waals surface area contributed by atoms with Crippen molar-refractivity contribution >= 4 is 0 Å². The van der Waals surface area contributed by atoms with Crippen LogP contribution in [0.15, 0.2) is 30.3 Å². The molecule has 0 aliphatic carbocycles. The largest absolute Gasteiger partial charge is 0.508 e. The van der Waals surface area contributed by atoms with Crippen LogP contribution in [0.2, 0.25) is 0 Å². The van der Waals surface area contributed by atoms with Gasteiger partial charge in [-0.05, 0) is 17.7 Å². The van der Waals surface area contributed by atoms with Gasteiger partial charge in [0.2, 0.25) is 0 Å². The second-order valence-corrected chi connectivity index (χ2v) is 7.99. The predicted molar refractivity (Wildman–Crippen MR) is 103 cm³/mol. The van der Waals surface area contributed by atoms with Crippen molar-refractivity contribution in [2.75, 3.05) is 6.61 Å². The number of aliphatic hydroxyl groups is 3. The topological polar surface area (TPSA) is 179 Å². The Kier molecular flexibility index (Phi) is 5.04. The molecule has 3 heterocycles. The van der Waals surface area contributed by atoms with Gasteiger partial charge in [-0.1, -0.05) is 6.07 Å². The lowest BCUT2D eigenvalue weighted by molar-refractivity contribution is -0.379. The molecule has 0 spiro atoms. The fraction of sp³-hybridized carbons (Fsp3) is 0.429. The standard InChI is InChI=1S/C21H22O11/c22-6-13-15(27)16(28)19-21(30-13)32-20-17(7-1-2-9(24)10(25)3-7)29-12-5-8(23)4-11(26)14(12)18(20)31-19/h1-5,13,15-28H,6H2/t13-,15-,16+,17-,18+,19-,20-,21+/m1/s1. The van der Waals surface area contributed by atoms with Gasteiger partial charge in [0.1, 0.15) is 53.9 Å². The van der Waals surface area contributed by atoms with Gasteiger partial charge in [-0.25, -0.2) is 0 Å². The lowest BCUT2D eigenvalue weighted by Crippen LogP contribution is -2.64. The van der Waals surface area contributed by atoms with Gasteiger partial charge in [0.05, 0.1) is 12.2 Å². The quantitative estimate of drug-likeness (QED) is 0.304. The normalized spacial score (nSPS) is 35.8. The maximum atomic E-state index is 10.5. The molecule has 8 atom stereocenters. The number of fused-ring (bicyclic) bond motifs is 4. The van der Waals surface area contributed by atoms with Crippen LogP contribution in [-0.4, -0.2) is 79.2 Å². The molecule has 0 radical (unpaired) electrons. The smallest absolute Gasteiger partial charge is 0.187 e. The fourth-order valence-corrected chi connectivity index (χ4v) is 4.41. The molecular formula is C21H22O11. The van der Waals surface area contributed by atoms with E-state index < -0.39 is 61.4 Å². The Bertz CT molecular complexity index is 1030. The van der Waals surface area contributed by atoms with E-state index in [1.165, 1.54) is 24.3 Å². The number of hydrogen-bond acceptors (Lipinski definition) is 11. The number of ether oxygens (including phenoxy) is 4. The minimum atomic E-state index is -1.45. The van der Waals surface area contributed by atoms with E-state index in [1.54, 1.807) is 0 Å². The van der Waals surface area contributed by atoms with Crippen molar-refractivity contribution < 1.29 is 54.7 Å². The van der Waals surface area contributed by atoms with Crippen LogP contribution in [0.25, 0.3) is 0 Å². The Labute approximate surface area is 181 Å². The number of phenols is 4. The predicted octanol–water partition coefficient (Wildman–Crippen LogP) is -0.0932. The molecular weight excluding hydrogens is 428 g/mol. The Morgan fingerprint density at radius 3 is 2.25 bits per heavy atom. The van der Waals surface area contributed by atoms with Gasteiger partial charge in [-0.3, -0.25) is 0 Å². The van der Waals surface area contributed by atoms with Crippen LogP contribution >= 0.6 is 0 Å². The molecule has 11 nitrogen and oxygen atoms in total. The zero-order valence-electron chi connectivity index (χ0n) is 16.5. The third-order valence-electron chi connectivity index (χ3n) is 5.99. The first-order valence-electron chi connectivity index (χ1n) is 9.96. The minimum Gasteiger partial charge on any atom is -0.508 e. The van der Waals surface area contributed by atoms with Crippen LogP contribution in [0.3, 0.4) is 0 Å². The van der Waals surface area contributed by atoms with Gasteiger partial charge >= 0.3 is 0 Å². The van der Waals surface area contributed by atoms with Gasteiger partial charge in [0.15, 0.2) is 23.9 Å². The average molecular weight is 450 g/mol. The van der Waals surface area contributed by atoms with Crippen molar-refractivity contribution in [3.63, 3.8) is 0 Å². The molecule has 3 aliphatic rings. The zero-order valence-corrected chi connectivity index (χ0v) is 16.5. The summed E-state index contributed by atoms with van der Waals surface area (Å²) < 4.78 is 23.7. The minimum absolute atomic E-state index is 0.0864. The third-order valence-corrected chi connectivity index (χ3v) is 5.99. The van der Waals surface area contributed by atoms with Gasteiger partial charge in [-0.15, -0.1) is 0 Å². The third kappa shape index (κ3) is 3.22. The average Bonchev–Trinajstić information content (AvgIpc) is 2.76. The van der Waals surface area contributed by atoms with Gasteiger partial charge < -0.3 is 54.7 Å². The summed E-state index contributed by atoms with van der Waals surface area (Å²) >= 11 is 0. The number of phenolic OH excluding ortho intramolecular Hbond substituents is 4. The monoisotopic (exact) mass is 450 g/mol. The highest BCUT2D eigenvalue weighted by molar-refractivity contribution is 5.53. The van der Waals surface area contributed by atoms with Crippen LogP contribution in [0, 0.1) is 0 Å². The zero-order chi connectivity index (χ0) is 22.7. The van der Waals surface area contributed by atoms with Crippen molar-refractivity contribution in [2.45, 2.75) is 49.0 Å². The Balaban J connectivity index is 1.59. The number of hydrogen-bond donors (Lipinski definition) is 7. The Morgan fingerprint density at radius 1 is 0.750 bits per heavy atom. The van der Waals surface area contributed by atoms with E-state index in [9.17, 15) is 35.7 Å². The van der Waals surface area contributed by atoms with Crippen LogP contribution in [0.1, 0.15) is 23.3 Å². The Hall–Kier alpha value is -2.80. The first kappa shape index (κ1) is 21.1. The van der Waals surface area contributed by atoms with Crippen molar-refractivity contribution in [3.05, 3.63) is 41.5 Å². The summed E-state index contributed by atoms with van der Waals surface area (Å²) in [5.74, 6) is -1.23. The summed E-state index contributed by atoms with van der Waals surface area (Å²) in [5, 5.41) is 70.2. The maximum Gasteiger partial charge on any atom is 0.187 e. The summed E-state index contributed by atoms with van der Waals surface area (Å²) in [6, 6.07) is 6.42. The van der Waals surface area contributed by atoms with Crippen LogP contribution in [-0.2, 0) is 14.2 Å². The number of aliphatic hydroxyl groups excluding tert-OH is 3. The fourth-order valence-electron chi connectivity index (χ4n) is 4.41. The molecule has 2 fully saturated rings. The van der Waals surface area contributed by atoms with Crippen molar-refractivity contribution in [1.29, 1.82) is 0 Å². The maximum absolute atomic E-state index is 10.5. The van der Waals surface area contributed by atoms with Crippen LogP contribution in [0.4, 0.5) is 0 Å². The van der Waals surface area contributed by atoms with E-state index in [4.69, 9.17) is 18.9 Å². The van der Waals surface area contributed by atoms with Crippen molar-refractivity contribution in [3.8, 4) is 28.7 Å². The van der Waals surface area contributed by atoms with E-state index >= 15 is 0 Å². The summed E-state index contributed by atoms with van der Waals surface area (Å²) in [6.45, 7) is -0.562. The van der Waals surface area contributed by atoms with Gasteiger partial charge in [0.25, 0.3) is 0 Å². The highest BCUT2D eigenvalue weighted by Gasteiger charge is 2.56. The van der Waals surface area contributed by atoms with E-state index in [0.29, 0.717) is 5.56 Å². The molecule has 2 saturated heterocycles. The molecule has 0 bridgehead atoms. The first-order chi connectivity index (χ1) is 15.3. The molecule has 7 N–H and O–H groups in total. The van der Waals surface area contributed by atoms with Gasteiger partial charge in [0, 0.05) is 12.1 Å². The molecule has 5 rings (SSSR count). The van der Waals surface area contributed by atoms with E-state index in [0.717, 1.165) is 6.07 Å². The molecule has 2 aromatic rings. The molecule has 0 unspecified atom stereocenters. The molecule has 11 heteroatoms. The summed E-state index contributed by atoms with van der Waals surface area (Å²) in [6.07, 6.45) is -9.24. The van der Waals surface area contributed by atoms with E-state index in [2.05, 4.69) is 0 Å². The molecule has 0 amide bonds. The highest BCUT2D eigenvalue weighted by atomic mass is 16.7. The number of benzene rings is 2. The van der Waals surface area contributed by atoms with Crippen LogP contribution < -0.4 is 4.74 Å². The second kappa shape index (κ2) is 7.66. The highest BCUT2D eigenvalue weighted by Crippen LogP contribution is 2.53. The van der Waals surface area contributed by atoms with Crippen molar-refractivity contribution in [2.24, 2.45) is 0 Å². The molecule has 32 heavy (non-hydrogen) atoms. The van der Waals surface area contributed by atoms with Gasteiger partial charge in [-0.2, -0.15) is 0 Å². The molecule has 3 aliphatic heterocycles. The van der Waals surface area contributed by atoms with E-state index in [-0.39, 0.29) is 28.6 Å². The van der Waals surface area contributed by atoms with E-state index in [1.807, 2.05) is 0 Å². The lowest BCUT2D eigenvalue weighted by Gasteiger charge is -2.51. The first-order valence-corrected chi connectivity index (χ1v) is 9.96. The summed E-state index contributed by atoms with van der Waals surface area (Å²) in [4.78, 5) is 0. The van der Waals surface area contributed by atoms with Crippen LogP contribution in [0.5, 0.6) is 28.7 Å². The molecule has 0 saturated carbocycles.